The van der Waals surface area contributed by atoms with Gasteiger partial charge >= 0.3 is 0 Å². The molecule has 0 unspecified atom stereocenters. The van der Waals surface area contributed by atoms with Crippen molar-refractivity contribution in [1.29, 1.82) is 0 Å². The molecule has 1 aromatic heterocycles. The van der Waals surface area contributed by atoms with E-state index in [-0.39, 0.29) is 5.54 Å². The quantitative estimate of drug-likeness (QED) is 0.933. The summed E-state index contributed by atoms with van der Waals surface area (Å²) in [5.74, 6) is 0.820. The first kappa shape index (κ1) is 15.4. The lowest BCUT2D eigenvalue weighted by Gasteiger charge is -2.40. The van der Waals surface area contributed by atoms with Gasteiger partial charge in [0.2, 0.25) is 5.13 Å². The number of benzene rings is 1. The van der Waals surface area contributed by atoms with Crippen LogP contribution in [-0.4, -0.2) is 38.9 Å². The summed E-state index contributed by atoms with van der Waals surface area (Å²) < 4.78 is 4.46. The molecule has 1 aliphatic heterocycles. The second-order valence-corrected chi connectivity index (χ2v) is 7.62. The van der Waals surface area contributed by atoms with E-state index in [1.807, 2.05) is 30.3 Å². The van der Waals surface area contributed by atoms with Gasteiger partial charge in [-0.1, -0.05) is 30.3 Å². The zero-order valence-electron chi connectivity index (χ0n) is 13.5. The summed E-state index contributed by atoms with van der Waals surface area (Å²) in [6.07, 6.45) is 2.33. The zero-order chi connectivity index (χ0) is 15.6. The highest BCUT2D eigenvalue weighted by Gasteiger charge is 2.27. The third-order valence-electron chi connectivity index (χ3n) is 4.23. The smallest absolute Gasteiger partial charge is 0.203 e. The average molecular weight is 316 g/mol. The van der Waals surface area contributed by atoms with Crippen LogP contribution < -0.4 is 5.32 Å². The summed E-state index contributed by atoms with van der Waals surface area (Å²) in [5.41, 5.74) is 1.35. The molecule has 0 atom stereocenters. The van der Waals surface area contributed by atoms with Gasteiger partial charge in [0.1, 0.15) is 0 Å². The van der Waals surface area contributed by atoms with Crippen LogP contribution in [0.5, 0.6) is 0 Å². The Morgan fingerprint density at radius 3 is 2.45 bits per heavy atom. The van der Waals surface area contributed by atoms with E-state index in [0.29, 0.717) is 6.04 Å². The summed E-state index contributed by atoms with van der Waals surface area (Å²) >= 11 is 1.46. The van der Waals surface area contributed by atoms with Gasteiger partial charge in [0.15, 0.2) is 5.82 Å². The van der Waals surface area contributed by atoms with Gasteiger partial charge in [-0.15, -0.1) is 0 Å². The van der Waals surface area contributed by atoms with E-state index >= 15 is 0 Å². The average Bonchev–Trinajstić information content (AvgIpc) is 2.96. The van der Waals surface area contributed by atoms with Gasteiger partial charge < -0.3 is 5.32 Å². The zero-order valence-corrected chi connectivity index (χ0v) is 14.4. The lowest BCUT2D eigenvalue weighted by atomic mass is 9.98. The summed E-state index contributed by atoms with van der Waals surface area (Å²) in [6, 6.07) is 10.7. The molecule has 2 heterocycles. The maximum atomic E-state index is 4.63. The van der Waals surface area contributed by atoms with E-state index in [0.717, 1.165) is 42.5 Å². The number of piperidine rings is 1. The number of hydrogen-bond donors (Lipinski definition) is 1. The minimum Gasteiger partial charge on any atom is -0.357 e. The molecule has 0 saturated carbocycles. The SMILES string of the molecule is CC(C)(C)N1CCC(Nc2nc(-c3ccccc3)ns2)CC1. The van der Waals surface area contributed by atoms with Crippen LogP contribution in [0.25, 0.3) is 11.4 Å². The van der Waals surface area contributed by atoms with Crippen molar-refractivity contribution >= 4 is 16.7 Å². The maximum absolute atomic E-state index is 4.63. The third-order valence-corrected chi connectivity index (χ3v) is 4.88. The van der Waals surface area contributed by atoms with Crippen LogP contribution in [0.3, 0.4) is 0 Å². The van der Waals surface area contributed by atoms with Crippen molar-refractivity contribution in [2.75, 3.05) is 18.4 Å². The predicted octanol–water partition coefficient (Wildman–Crippen LogP) is 3.88. The number of rotatable bonds is 3. The van der Waals surface area contributed by atoms with Crippen molar-refractivity contribution in [2.45, 2.75) is 45.2 Å². The van der Waals surface area contributed by atoms with Crippen LogP contribution in [0.15, 0.2) is 30.3 Å². The van der Waals surface area contributed by atoms with Crippen LogP contribution in [0.1, 0.15) is 33.6 Å². The van der Waals surface area contributed by atoms with Crippen molar-refractivity contribution in [3.05, 3.63) is 30.3 Å². The second kappa shape index (κ2) is 6.34. The van der Waals surface area contributed by atoms with Gasteiger partial charge in [-0.3, -0.25) is 4.90 Å². The molecule has 1 aromatic carbocycles. The first-order valence-corrected chi connectivity index (χ1v) is 8.70. The lowest BCUT2D eigenvalue weighted by molar-refractivity contribution is 0.106. The molecule has 0 radical (unpaired) electrons. The molecule has 0 amide bonds. The van der Waals surface area contributed by atoms with Crippen LogP contribution in [-0.2, 0) is 0 Å². The molecule has 3 rings (SSSR count). The molecule has 1 aliphatic rings. The number of aromatic nitrogens is 2. The Morgan fingerprint density at radius 2 is 1.82 bits per heavy atom. The molecule has 2 aromatic rings. The number of nitrogens with one attached hydrogen (secondary N) is 1. The highest BCUT2D eigenvalue weighted by Crippen LogP contribution is 2.25. The molecule has 1 N–H and O–H groups in total. The Hall–Kier alpha value is -1.46. The fourth-order valence-electron chi connectivity index (χ4n) is 2.86. The van der Waals surface area contributed by atoms with Crippen molar-refractivity contribution in [3.63, 3.8) is 0 Å². The van der Waals surface area contributed by atoms with Gasteiger partial charge in [0, 0.05) is 41.8 Å². The number of hydrogen-bond acceptors (Lipinski definition) is 5. The van der Waals surface area contributed by atoms with E-state index < -0.39 is 0 Å². The van der Waals surface area contributed by atoms with E-state index in [2.05, 4.69) is 40.3 Å². The Kier molecular flexibility index (Phi) is 4.45. The van der Waals surface area contributed by atoms with Gasteiger partial charge in [-0.25, -0.2) is 0 Å². The fourth-order valence-corrected chi connectivity index (χ4v) is 3.52. The minimum atomic E-state index is 0.272. The first-order valence-electron chi connectivity index (χ1n) is 7.93. The lowest BCUT2D eigenvalue weighted by Crippen LogP contribution is -2.48. The molecule has 5 heteroatoms. The molecule has 118 valence electrons. The Labute approximate surface area is 136 Å². The van der Waals surface area contributed by atoms with Crippen LogP contribution >= 0.6 is 11.5 Å². The number of likely N-dealkylation sites (tertiary alicyclic amines) is 1. The number of anilines is 1. The van der Waals surface area contributed by atoms with E-state index in [9.17, 15) is 0 Å². The first-order chi connectivity index (χ1) is 10.5. The number of nitrogens with zero attached hydrogens (tertiary/aromatic N) is 3. The molecule has 0 aliphatic carbocycles. The summed E-state index contributed by atoms with van der Waals surface area (Å²) in [7, 11) is 0. The van der Waals surface area contributed by atoms with Crippen LogP contribution in [0.2, 0.25) is 0 Å². The monoisotopic (exact) mass is 316 g/mol. The highest BCUT2D eigenvalue weighted by atomic mass is 32.1. The van der Waals surface area contributed by atoms with Gasteiger partial charge in [0.05, 0.1) is 0 Å². The van der Waals surface area contributed by atoms with Crippen molar-refractivity contribution in [3.8, 4) is 11.4 Å². The minimum absolute atomic E-state index is 0.272. The maximum Gasteiger partial charge on any atom is 0.203 e. The summed E-state index contributed by atoms with van der Waals surface area (Å²) in [6.45, 7) is 9.16. The van der Waals surface area contributed by atoms with Crippen molar-refractivity contribution in [2.24, 2.45) is 0 Å². The second-order valence-electron chi connectivity index (χ2n) is 6.87. The normalized spacial score (nSPS) is 17.6. The summed E-state index contributed by atoms with van der Waals surface area (Å²) in [5, 5.41) is 4.50. The molecule has 4 nitrogen and oxygen atoms in total. The Bertz CT molecular complexity index is 595. The molecule has 0 bridgehead atoms. The molecule has 0 spiro atoms. The van der Waals surface area contributed by atoms with Crippen molar-refractivity contribution in [1.82, 2.24) is 14.3 Å². The largest absolute Gasteiger partial charge is 0.357 e. The van der Waals surface area contributed by atoms with E-state index in [4.69, 9.17) is 0 Å². The van der Waals surface area contributed by atoms with E-state index in [1.54, 1.807) is 0 Å². The van der Waals surface area contributed by atoms with Gasteiger partial charge in [-0.05, 0) is 33.6 Å². The van der Waals surface area contributed by atoms with Crippen molar-refractivity contribution < 1.29 is 0 Å². The molecule has 1 saturated heterocycles. The topological polar surface area (TPSA) is 41.0 Å². The standard InChI is InChI=1S/C17H24N4S/c1-17(2,3)21-11-9-14(10-12-21)18-16-19-15(20-22-16)13-7-5-4-6-8-13/h4-8,14H,9-12H2,1-3H3,(H,18,19,20). The molecular weight excluding hydrogens is 292 g/mol. The summed E-state index contributed by atoms with van der Waals surface area (Å²) in [4.78, 5) is 7.18. The molecular formula is C17H24N4S. The van der Waals surface area contributed by atoms with Gasteiger partial charge in [-0.2, -0.15) is 9.36 Å². The predicted molar refractivity (Wildman–Crippen MR) is 93.3 cm³/mol. The van der Waals surface area contributed by atoms with Crippen LogP contribution in [0, 0.1) is 0 Å². The third kappa shape index (κ3) is 3.65. The van der Waals surface area contributed by atoms with Gasteiger partial charge in [0.25, 0.3) is 0 Å². The van der Waals surface area contributed by atoms with Crippen LogP contribution in [0.4, 0.5) is 5.13 Å². The Balaban J connectivity index is 1.58. The van der Waals surface area contributed by atoms with E-state index in [1.165, 1.54) is 11.5 Å². The molecule has 22 heavy (non-hydrogen) atoms. The fraction of sp³-hybridized carbons (Fsp3) is 0.529. The highest BCUT2D eigenvalue weighted by molar-refractivity contribution is 7.09. The Morgan fingerprint density at radius 1 is 1.14 bits per heavy atom. The molecule has 1 fully saturated rings.